The molecule has 0 radical (unpaired) electrons. The lowest BCUT2D eigenvalue weighted by molar-refractivity contribution is 0.355. The highest BCUT2D eigenvalue weighted by Gasteiger charge is 2.10. The highest BCUT2D eigenvalue weighted by Crippen LogP contribution is 2.29. The van der Waals surface area contributed by atoms with Crippen LogP contribution in [-0.2, 0) is 13.5 Å². The third kappa shape index (κ3) is 4.43. The van der Waals surface area contributed by atoms with Gasteiger partial charge in [-0.25, -0.2) is 0 Å². The van der Waals surface area contributed by atoms with Crippen LogP contribution in [-0.4, -0.2) is 43.6 Å². The smallest absolute Gasteiger partial charge is 0.195 e. The van der Waals surface area contributed by atoms with E-state index in [1.54, 1.807) is 21.3 Å². The SMILES string of the molecule is CN=C(NCCc1c(C)nn(C)c1C)Nc1ccc(OC)c(OC)c1. The molecule has 136 valence electrons. The molecule has 0 aliphatic heterocycles. The zero-order valence-corrected chi connectivity index (χ0v) is 15.8. The van der Waals surface area contributed by atoms with Crippen LogP contribution in [0.15, 0.2) is 23.2 Å². The minimum absolute atomic E-state index is 0.671. The second-order valence-electron chi connectivity index (χ2n) is 5.72. The molecule has 2 rings (SSSR count). The Morgan fingerprint density at radius 1 is 1.20 bits per heavy atom. The third-order valence-corrected chi connectivity index (χ3v) is 4.20. The van der Waals surface area contributed by atoms with Crippen molar-refractivity contribution in [3.8, 4) is 11.5 Å². The molecule has 2 N–H and O–H groups in total. The van der Waals surface area contributed by atoms with Crippen LogP contribution in [0.1, 0.15) is 17.0 Å². The largest absolute Gasteiger partial charge is 0.493 e. The molecule has 0 bridgehead atoms. The first kappa shape index (κ1) is 18.6. The van der Waals surface area contributed by atoms with Crippen molar-refractivity contribution in [1.29, 1.82) is 0 Å². The van der Waals surface area contributed by atoms with Crippen LogP contribution in [0.4, 0.5) is 5.69 Å². The number of hydrogen-bond acceptors (Lipinski definition) is 4. The van der Waals surface area contributed by atoms with Crippen LogP contribution in [0.5, 0.6) is 11.5 Å². The average molecular weight is 345 g/mol. The molecule has 0 amide bonds. The van der Waals surface area contributed by atoms with Gasteiger partial charge < -0.3 is 20.1 Å². The molecule has 0 spiro atoms. The fraction of sp³-hybridized carbons (Fsp3) is 0.444. The number of guanidine groups is 1. The summed E-state index contributed by atoms with van der Waals surface area (Å²) in [7, 11) is 6.95. The lowest BCUT2D eigenvalue weighted by Gasteiger charge is -2.14. The van der Waals surface area contributed by atoms with Gasteiger partial charge in [0.2, 0.25) is 0 Å². The average Bonchev–Trinajstić information content (AvgIpc) is 2.86. The number of aliphatic imine (C=N–C) groups is 1. The normalized spacial score (nSPS) is 11.4. The lowest BCUT2D eigenvalue weighted by atomic mass is 10.1. The molecular formula is C18H27N5O2. The van der Waals surface area contributed by atoms with E-state index in [4.69, 9.17) is 9.47 Å². The monoisotopic (exact) mass is 345 g/mol. The van der Waals surface area contributed by atoms with Crippen LogP contribution >= 0.6 is 0 Å². The van der Waals surface area contributed by atoms with E-state index in [-0.39, 0.29) is 0 Å². The molecule has 2 aromatic rings. The van der Waals surface area contributed by atoms with Crippen molar-refractivity contribution < 1.29 is 9.47 Å². The molecular weight excluding hydrogens is 318 g/mol. The minimum atomic E-state index is 0.671. The molecule has 0 fully saturated rings. The van der Waals surface area contributed by atoms with Crippen LogP contribution < -0.4 is 20.1 Å². The van der Waals surface area contributed by atoms with Crippen molar-refractivity contribution in [2.24, 2.45) is 12.0 Å². The minimum Gasteiger partial charge on any atom is -0.493 e. The molecule has 1 heterocycles. The second kappa shape index (κ2) is 8.41. The Balaban J connectivity index is 1.97. The van der Waals surface area contributed by atoms with Crippen molar-refractivity contribution in [3.63, 3.8) is 0 Å². The third-order valence-electron chi connectivity index (χ3n) is 4.20. The van der Waals surface area contributed by atoms with Gasteiger partial charge in [0.1, 0.15) is 0 Å². The summed E-state index contributed by atoms with van der Waals surface area (Å²) in [5.41, 5.74) is 4.42. The maximum atomic E-state index is 5.33. The van der Waals surface area contributed by atoms with Gasteiger partial charge in [-0.05, 0) is 38.0 Å². The van der Waals surface area contributed by atoms with Gasteiger partial charge in [-0.3, -0.25) is 9.67 Å². The lowest BCUT2D eigenvalue weighted by Crippen LogP contribution is -2.32. The Labute approximate surface area is 149 Å². The number of ether oxygens (including phenoxy) is 2. The van der Waals surface area contributed by atoms with Gasteiger partial charge in [0.15, 0.2) is 17.5 Å². The zero-order chi connectivity index (χ0) is 18.4. The standard InChI is InChI=1S/C18H27N5O2/c1-12-15(13(2)23(4)22-12)9-10-20-18(19-3)21-14-7-8-16(24-5)17(11-14)25-6/h7-8,11H,9-10H2,1-6H3,(H2,19,20,21). The number of benzene rings is 1. The summed E-state index contributed by atoms with van der Waals surface area (Å²) in [5.74, 6) is 2.06. The van der Waals surface area contributed by atoms with E-state index in [9.17, 15) is 0 Å². The van der Waals surface area contributed by atoms with Crippen LogP contribution in [0.3, 0.4) is 0 Å². The molecule has 1 aromatic carbocycles. The number of aromatic nitrogens is 2. The number of methoxy groups -OCH3 is 2. The summed E-state index contributed by atoms with van der Waals surface area (Å²) in [6.07, 6.45) is 0.887. The highest BCUT2D eigenvalue weighted by atomic mass is 16.5. The first-order valence-corrected chi connectivity index (χ1v) is 8.19. The maximum Gasteiger partial charge on any atom is 0.195 e. The number of aryl methyl sites for hydroxylation is 2. The summed E-state index contributed by atoms with van der Waals surface area (Å²) in [6, 6.07) is 5.65. The summed E-state index contributed by atoms with van der Waals surface area (Å²) in [5, 5.41) is 11.0. The molecule has 0 aliphatic carbocycles. The Bertz CT molecular complexity index is 752. The number of nitrogens with zero attached hydrogens (tertiary/aromatic N) is 3. The van der Waals surface area contributed by atoms with E-state index < -0.39 is 0 Å². The van der Waals surface area contributed by atoms with Crippen LogP contribution in [0, 0.1) is 13.8 Å². The fourth-order valence-electron chi connectivity index (χ4n) is 2.72. The summed E-state index contributed by atoms with van der Waals surface area (Å²) in [4.78, 5) is 4.26. The van der Waals surface area contributed by atoms with E-state index in [0.717, 1.165) is 24.3 Å². The predicted molar refractivity (Wildman–Crippen MR) is 101 cm³/mol. The van der Waals surface area contributed by atoms with Crippen molar-refractivity contribution in [1.82, 2.24) is 15.1 Å². The van der Waals surface area contributed by atoms with Gasteiger partial charge in [0, 0.05) is 38.1 Å². The van der Waals surface area contributed by atoms with E-state index in [2.05, 4.69) is 27.6 Å². The van der Waals surface area contributed by atoms with Gasteiger partial charge in [-0.2, -0.15) is 5.10 Å². The van der Waals surface area contributed by atoms with Crippen molar-refractivity contribution in [2.45, 2.75) is 20.3 Å². The molecule has 0 saturated heterocycles. The van der Waals surface area contributed by atoms with Crippen LogP contribution in [0.2, 0.25) is 0 Å². The van der Waals surface area contributed by atoms with E-state index in [1.807, 2.05) is 36.9 Å². The van der Waals surface area contributed by atoms with Crippen molar-refractivity contribution >= 4 is 11.6 Å². The van der Waals surface area contributed by atoms with Gasteiger partial charge in [0.05, 0.1) is 19.9 Å². The molecule has 0 unspecified atom stereocenters. The predicted octanol–water partition coefficient (Wildman–Crippen LogP) is 2.28. The van der Waals surface area contributed by atoms with E-state index >= 15 is 0 Å². The molecule has 25 heavy (non-hydrogen) atoms. The van der Waals surface area contributed by atoms with E-state index in [0.29, 0.717) is 17.5 Å². The topological polar surface area (TPSA) is 72.7 Å². The summed E-state index contributed by atoms with van der Waals surface area (Å²) >= 11 is 0. The number of anilines is 1. The van der Waals surface area contributed by atoms with Gasteiger partial charge in [-0.1, -0.05) is 0 Å². The van der Waals surface area contributed by atoms with Crippen molar-refractivity contribution in [3.05, 3.63) is 35.2 Å². The molecule has 0 saturated carbocycles. The van der Waals surface area contributed by atoms with Gasteiger partial charge in [0.25, 0.3) is 0 Å². The fourth-order valence-corrected chi connectivity index (χ4v) is 2.72. The molecule has 0 atom stereocenters. The Morgan fingerprint density at radius 2 is 1.92 bits per heavy atom. The number of nitrogens with one attached hydrogen (secondary N) is 2. The summed E-state index contributed by atoms with van der Waals surface area (Å²) < 4.78 is 12.5. The zero-order valence-electron chi connectivity index (χ0n) is 15.8. The molecule has 7 heteroatoms. The van der Waals surface area contributed by atoms with Gasteiger partial charge in [-0.15, -0.1) is 0 Å². The number of rotatable bonds is 6. The first-order chi connectivity index (χ1) is 12.0. The number of hydrogen-bond donors (Lipinski definition) is 2. The maximum absolute atomic E-state index is 5.33. The first-order valence-electron chi connectivity index (χ1n) is 8.19. The van der Waals surface area contributed by atoms with Crippen molar-refractivity contribution in [2.75, 3.05) is 33.1 Å². The Hall–Kier alpha value is -2.70. The van der Waals surface area contributed by atoms with Gasteiger partial charge >= 0.3 is 0 Å². The Morgan fingerprint density at radius 3 is 2.48 bits per heavy atom. The molecule has 1 aromatic heterocycles. The molecule has 7 nitrogen and oxygen atoms in total. The Kier molecular flexibility index (Phi) is 6.27. The van der Waals surface area contributed by atoms with Crippen LogP contribution in [0.25, 0.3) is 0 Å². The van der Waals surface area contributed by atoms with E-state index in [1.165, 1.54) is 11.3 Å². The quantitative estimate of drug-likeness (QED) is 0.621. The molecule has 0 aliphatic rings. The second-order valence-corrected chi connectivity index (χ2v) is 5.72. The highest BCUT2D eigenvalue weighted by molar-refractivity contribution is 5.93. The summed E-state index contributed by atoms with van der Waals surface area (Å²) in [6.45, 7) is 4.89.